The van der Waals surface area contributed by atoms with Crippen LogP contribution in [0.15, 0.2) is 0 Å². The van der Waals surface area contributed by atoms with Crippen LogP contribution in [0, 0.1) is 0 Å². The first kappa shape index (κ1) is 13.9. The second-order valence-electron chi connectivity index (χ2n) is 4.05. The van der Waals surface area contributed by atoms with Crippen molar-refractivity contribution in [1.82, 2.24) is 5.48 Å². The SMILES string of the molecule is CCOC(CCNOC1CCCC1)OCC. The molecule has 0 radical (unpaired) electrons. The van der Waals surface area contributed by atoms with E-state index in [0.29, 0.717) is 19.3 Å². The Balaban J connectivity index is 1.98. The number of hydrogen-bond acceptors (Lipinski definition) is 4. The van der Waals surface area contributed by atoms with Crippen LogP contribution >= 0.6 is 0 Å². The molecule has 0 atom stereocenters. The number of rotatable bonds is 9. The molecule has 1 aliphatic carbocycles. The fourth-order valence-electron chi connectivity index (χ4n) is 1.95. The van der Waals surface area contributed by atoms with Crippen LogP contribution in [-0.2, 0) is 14.3 Å². The molecule has 1 aliphatic rings. The van der Waals surface area contributed by atoms with Gasteiger partial charge in [-0.15, -0.1) is 0 Å². The number of hydrogen-bond donors (Lipinski definition) is 1. The van der Waals surface area contributed by atoms with Crippen molar-refractivity contribution in [3.8, 4) is 0 Å². The second-order valence-corrected chi connectivity index (χ2v) is 4.05. The lowest BCUT2D eigenvalue weighted by Gasteiger charge is -2.18. The van der Waals surface area contributed by atoms with Crippen molar-refractivity contribution in [2.75, 3.05) is 19.8 Å². The molecule has 1 N–H and O–H groups in total. The molecular formula is C12H25NO3. The van der Waals surface area contributed by atoms with Crippen molar-refractivity contribution < 1.29 is 14.3 Å². The standard InChI is InChI=1S/C12H25NO3/c1-3-14-12(15-4-2)9-10-13-16-11-7-5-6-8-11/h11-13H,3-10H2,1-2H3. The fraction of sp³-hybridized carbons (Fsp3) is 1.00. The van der Waals surface area contributed by atoms with E-state index in [1.54, 1.807) is 0 Å². The Morgan fingerprint density at radius 2 is 1.75 bits per heavy atom. The fourth-order valence-corrected chi connectivity index (χ4v) is 1.95. The van der Waals surface area contributed by atoms with E-state index in [2.05, 4.69) is 5.48 Å². The van der Waals surface area contributed by atoms with Gasteiger partial charge in [0.25, 0.3) is 0 Å². The third-order valence-electron chi connectivity index (χ3n) is 2.74. The minimum atomic E-state index is -0.102. The summed E-state index contributed by atoms with van der Waals surface area (Å²) in [7, 11) is 0. The minimum absolute atomic E-state index is 0.102. The highest BCUT2D eigenvalue weighted by molar-refractivity contribution is 4.65. The van der Waals surface area contributed by atoms with Crippen molar-refractivity contribution in [1.29, 1.82) is 0 Å². The maximum atomic E-state index is 5.55. The van der Waals surface area contributed by atoms with E-state index in [0.717, 1.165) is 13.0 Å². The highest BCUT2D eigenvalue weighted by atomic mass is 16.7. The third-order valence-corrected chi connectivity index (χ3v) is 2.74. The summed E-state index contributed by atoms with van der Waals surface area (Å²) in [5.74, 6) is 0. The molecule has 1 saturated carbocycles. The predicted molar refractivity (Wildman–Crippen MR) is 63.0 cm³/mol. The van der Waals surface area contributed by atoms with E-state index in [4.69, 9.17) is 14.3 Å². The van der Waals surface area contributed by atoms with Gasteiger partial charge in [-0.3, -0.25) is 4.84 Å². The molecule has 1 rings (SSSR count). The lowest BCUT2D eigenvalue weighted by Crippen LogP contribution is -2.27. The molecule has 1 fully saturated rings. The van der Waals surface area contributed by atoms with Gasteiger partial charge in [0.15, 0.2) is 6.29 Å². The first-order chi connectivity index (χ1) is 7.86. The van der Waals surface area contributed by atoms with Crippen LogP contribution in [0.25, 0.3) is 0 Å². The summed E-state index contributed by atoms with van der Waals surface area (Å²) in [4.78, 5) is 5.55. The molecule has 0 aromatic heterocycles. The van der Waals surface area contributed by atoms with Crippen molar-refractivity contribution >= 4 is 0 Å². The van der Waals surface area contributed by atoms with Crippen LogP contribution < -0.4 is 5.48 Å². The Morgan fingerprint density at radius 1 is 1.12 bits per heavy atom. The third kappa shape index (κ3) is 5.80. The topological polar surface area (TPSA) is 39.7 Å². The maximum Gasteiger partial charge on any atom is 0.158 e. The van der Waals surface area contributed by atoms with E-state index in [1.807, 2.05) is 13.8 Å². The smallest absolute Gasteiger partial charge is 0.158 e. The molecule has 0 aromatic rings. The summed E-state index contributed by atoms with van der Waals surface area (Å²) in [6.45, 7) is 6.12. The van der Waals surface area contributed by atoms with Crippen molar-refractivity contribution in [3.63, 3.8) is 0 Å². The highest BCUT2D eigenvalue weighted by Crippen LogP contribution is 2.19. The molecule has 0 aromatic carbocycles. The largest absolute Gasteiger partial charge is 0.353 e. The van der Waals surface area contributed by atoms with Gasteiger partial charge in [-0.05, 0) is 26.7 Å². The van der Waals surface area contributed by atoms with Gasteiger partial charge in [0.1, 0.15) is 0 Å². The zero-order chi connectivity index (χ0) is 11.6. The summed E-state index contributed by atoms with van der Waals surface area (Å²) in [6, 6.07) is 0. The highest BCUT2D eigenvalue weighted by Gasteiger charge is 2.15. The zero-order valence-electron chi connectivity index (χ0n) is 10.5. The number of ether oxygens (including phenoxy) is 2. The van der Waals surface area contributed by atoms with Crippen LogP contribution in [0.3, 0.4) is 0 Å². The van der Waals surface area contributed by atoms with Crippen molar-refractivity contribution in [2.24, 2.45) is 0 Å². The van der Waals surface area contributed by atoms with Gasteiger partial charge >= 0.3 is 0 Å². The van der Waals surface area contributed by atoms with Gasteiger partial charge in [-0.1, -0.05) is 12.8 Å². The summed E-state index contributed by atoms with van der Waals surface area (Å²) in [5.41, 5.74) is 3.01. The summed E-state index contributed by atoms with van der Waals surface area (Å²) in [6.07, 6.45) is 6.11. The molecule has 4 nitrogen and oxygen atoms in total. The van der Waals surface area contributed by atoms with E-state index in [9.17, 15) is 0 Å². The quantitative estimate of drug-likeness (QED) is 0.375. The van der Waals surface area contributed by atoms with Gasteiger partial charge in [-0.2, -0.15) is 0 Å². The number of hydroxylamine groups is 1. The Morgan fingerprint density at radius 3 is 2.31 bits per heavy atom. The van der Waals surface area contributed by atoms with Gasteiger partial charge < -0.3 is 9.47 Å². The minimum Gasteiger partial charge on any atom is -0.353 e. The normalized spacial score (nSPS) is 17.4. The first-order valence-electron chi connectivity index (χ1n) is 6.48. The molecule has 0 aliphatic heterocycles. The molecule has 4 heteroatoms. The summed E-state index contributed by atoms with van der Waals surface area (Å²) >= 11 is 0. The van der Waals surface area contributed by atoms with Crippen LogP contribution in [0.1, 0.15) is 46.0 Å². The Kier molecular flexibility index (Phi) is 7.76. The summed E-state index contributed by atoms with van der Waals surface area (Å²) < 4.78 is 10.9. The second kappa shape index (κ2) is 8.93. The molecule has 0 spiro atoms. The lowest BCUT2D eigenvalue weighted by molar-refractivity contribution is -0.144. The van der Waals surface area contributed by atoms with Crippen molar-refractivity contribution in [2.45, 2.75) is 58.3 Å². The van der Waals surface area contributed by atoms with E-state index in [-0.39, 0.29) is 6.29 Å². The van der Waals surface area contributed by atoms with E-state index in [1.165, 1.54) is 25.7 Å². The van der Waals surface area contributed by atoms with Gasteiger partial charge in [-0.25, -0.2) is 5.48 Å². The molecule has 16 heavy (non-hydrogen) atoms. The van der Waals surface area contributed by atoms with Crippen LogP contribution in [0.4, 0.5) is 0 Å². The molecule has 0 bridgehead atoms. The van der Waals surface area contributed by atoms with Gasteiger partial charge in [0.2, 0.25) is 0 Å². The van der Waals surface area contributed by atoms with Crippen LogP contribution in [-0.4, -0.2) is 32.2 Å². The van der Waals surface area contributed by atoms with Crippen LogP contribution in [0.5, 0.6) is 0 Å². The summed E-state index contributed by atoms with van der Waals surface area (Å²) in [5, 5.41) is 0. The van der Waals surface area contributed by atoms with Crippen LogP contribution in [0.2, 0.25) is 0 Å². The van der Waals surface area contributed by atoms with Crippen molar-refractivity contribution in [3.05, 3.63) is 0 Å². The molecule has 0 unspecified atom stereocenters. The molecular weight excluding hydrogens is 206 g/mol. The van der Waals surface area contributed by atoms with E-state index >= 15 is 0 Å². The maximum absolute atomic E-state index is 5.55. The lowest BCUT2D eigenvalue weighted by atomic mass is 10.3. The Labute approximate surface area is 98.6 Å². The van der Waals surface area contributed by atoms with Gasteiger partial charge in [0, 0.05) is 26.2 Å². The predicted octanol–water partition coefficient (Wildman–Crippen LogP) is 2.24. The average molecular weight is 231 g/mol. The Bertz CT molecular complexity index is 154. The van der Waals surface area contributed by atoms with Gasteiger partial charge in [0.05, 0.1) is 6.10 Å². The zero-order valence-corrected chi connectivity index (χ0v) is 10.5. The molecule has 96 valence electrons. The number of nitrogens with one attached hydrogen (secondary N) is 1. The molecule has 0 amide bonds. The first-order valence-corrected chi connectivity index (χ1v) is 6.48. The monoisotopic (exact) mass is 231 g/mol. The average Bonchev–Trinajstić information content (AvgIpc) is 2.78. The molecule has 0 heterocycles. The molecule has 0 saturated heterocycles. The Hall–Kier alpha value is -0.160. The van der Waals surface area contributed by atoms with E-state index < -0.39 is 0 Å².